The van der Waals surface area contributed by atoms with Gasteiger partial charge in [0.05, 0.1) is 6.42 Å². The molecule has 0 atom stereocenters. The van der Waals surface area contributed by atoms with E-state index in [0.29, 0.717) is 13.0 Å². The predicted octanol–water partition coefficient (Wildman–Crippen LogP) is 2.82. The van der Waals surface area contributed by atoms with Crippen molar-refractivity contribution in [1.29, 1.82) is 0 Å². The molecule has 1 fully saturated rings. The molecule has 4 nitrogen and oxygen atoms in total. The quantitative estimate of drug-likeness (QED) is 0.808. The minimum atomic E-state index is 0.244. The van der Waals surface area contributed by atoms with E-state index in [4.69, 9.17) is 4.74 Å². The molecular weight excluding hydrogens is 320 g/mol. The fourth-order valence-electron chi connectivity index (χ4n) is 2.82. The van der Waals surface area contributed by atoms with Crippen LogP contribution in [0.5, 0.6) is 5.75 Å². The van der Waals surface area contributed by atoms with Crippen molar-refractivity contribution in [2.75, 3.05) is 39.3 Å². The summed E-state index contributed by atoms with van der Waals surface area (Å²) >= 11 is 1.65. The molecule has 1 amide bonds. The van der Waals surface area contributed by atoms with Gasteiger partial charge in [0, 0.05) is 37.6 Å². The Labute approximate surface area is 147 Å². The van der Waals surface area contributed by atoms with E-state index in [2.05, 4.69) is 24.0 Å². The predicted molar refractivity (Wildman–Crippen MR) is 97.7 cm³/mol. The van der Waals surface area contributed by atoms with Gasteiger partial charge >= 0.3 is 0 Å². The zero-order valence-corrected chi connectivity index (χ0v) is 14.9. The third kappa shape index (κ3) is 4.82. The average Bonchev–Trinajstić information content (AvgIpc) is 3.10. The van der Waals surface area contributed by atoms with E-state index in [0.717, 1.165) is 43.4 Å². The van der Waals surface area contributed by atoms with E-state index in [-0.39, 0.29) is 5.91 Å². The van der Waals surface area contributed by atoms with E-state index in [1.807, 2.05) is 34.5 Å². The highest BCUT2D eigenvalue weighted by atomic mass is 32.1. The van der Waals surface area contributed by atoms with Crippen molar-refractivity contribution in [2.24, 2.45) is 0 Å². The molecule has 5 heteroatoms. The maximum absolute atomic E-state index is 12.3. The van der Waals surface area contributed by atoms with Crippen molar-refractivity contribution >= 4 is 17.2 Å². The number of piperazine rings is 1. The van der Waals surface area contributed by atoms with Crippen LogP contribution in [0.3, 0.4) is 0 Å². The molecule has 0 unspecified atom stereocenters. The van der Waals surface area contributed by atoms with E-state index in [1.54, 1.807) is 11.3 Å². The van der Waals surface area contributed by atoms with Crippen LogP contribution in [-0.4, -0.2) is 55.0 Å². The lowest BCUT2D eigenvalue weighted by molar-refractivity contribution is -0.132. The van der Waals surface area contributed by atoms with Crippen molar-refractivity contribution in [3.05, 3.63) is 52.2 Å². The van der Waals surface area contributed by atoms with Crippen LogP contribution in [-0.2, 0) is 11.2 Å². The van der Waals surface area contributed by atoms with E-state index in [9.17, 15) is 4.79 Å². The molecule has 1 aromatic carbocycles. The molecule has 3 rings (SSSR count). The largest absolute Gasteiger partial charge is 0.492 e. The zero-order valence-electron chi connectivity index (χ0n) is 14.1. The van der Waals surface area contributed by atoms with Gasteiger partial charge in [-0.2, -0.15) is 0 Å². The first-order valence-electron chi connectivity index (χ1n) is 8.43. The Hall–Kier alpha value is -1.85. The number of thiophene rings is 1. The fourth-order valence-corrected chi connectivity index (χ4v) is 3.52. The number of hydrogen-bond acceptors (Lipinski definition) is 4. The summed E-state index contributed by atoms with van der Waals surface area (Å²) < 4.78 is 5.79. The number of carbonyl (C=O) groups excluding carboxylic acids is 1. The minimum absolute atomic E-state index is 0.244. The first-order chi connectivity index (χ1) is 11.7. The topological polar surface area (TPSA) is 32.8 Å². The molecule has 1 aliphatic rings. The van der Waals surface area contributed by atoms with Crippen LogP contribution in [0.4, 0.5) is 0 Å². The monoisotopic (exact) mass is 344 g/mol. The summed E-state index contributed by atoms with van der Waals surface area (Å²) in [5.41, 5.74) is 1.24. The second-order valence-electron chi connectivity index (χ2n) is 6.14. The van der Waals surface area contributed by atoms with Gasteiger partial charge in [-0.25, -0.2) is 0 Å². The van der Waals surface area contributed by atoms with Crippen LogP contribution in [0.1, 0.15) is 10.4 Å². The third-order valence-electron chi connectivity index (χ3n) is 4.33. The van der Waals surface area contributed by atoms with Gasteiger partial charge in [-0.1, -0.05) is 23.8 Å². The van der Waals surface area contributed by atoms with E-state index >= 15 is 0 Å². The maximum Gasteiger partial charge on any atom is 0.227 e. The number of benzene rings is 1. The summed E-state index contributed by atoms with van der Waals surface area (Å²) in [7, 11) is 0. The fraction of sp³-hybridized carbons (Fsp3) is 0.421. The third-order valence-corrected chi connectivity index (χ3v) is 5.20. The molecule has 2 heterocycles. The van der Waals surface area contributed by atoms with Gasteiger partial charge in [0.15, 0.2) is 0 Å². The summed E-state index contributed by atoms with van der Waals surface area (Å²) in [6.07, 6.45) is 0.536. The first kappa shape index (κ1) is 17.0. The average molecular weight is 344 g/mol. The summed E-state index contributed by atoms with van der Waals surface area (Å²) in [6.45, 7) is 7.14. The molecule has 0 radical (unpaired) electrons. The Morgan fingerprint density at radius 1 is 1.12 bits per heavy atom. The number of nitrogens with zero attached hydrogens (tertiary/aromatic N) is 2. The second-order valence-corrected chi connectivity index (χ2v) is 7.17. The Kier molecular flexibility index (Phi) is 5.88. The highest BCUT2D eigenvalue weighted by Gasteiger charge is 2.21. The minimum Gasteiger partial charge on any atom is -0.492 e. The van der Waals surface area contributed by atoms with Crippen LogP contribution in [0.15, 0.2) is 41.8 Å². The normalized spacial score (nSPS) is 15.5. The molecule has 2 aromatic rings. The zero-order chi connectivity index (χ0) is 16.8. The van der Waals surface area contributed by atoms with Crippen LogP contribution in [0.25, 0.3) is 0 Å². The van der Waals surface area contributed by atoms with Crippen LogP contribution in [0.2, 0.25) is 0 Å². The Morgan fingerprint density at radius 3 is 2.54 bits per heavy atom. The highest BCUT2D eigenvalue weighted by molar-refractivity contribution is 7.10. The number of aryl methyl sites for hydroxylation is 1. The Morgan fingerprint density at radius 2 is 1.88 bits per heavy atom. The number of hydrogen-bond donors (Lipinski definition) is 0. The number of amides is 1. The molecule has 1 aliphatic heterocycles. The maximum atomic E-state index is 12.3. The van der Waals surface area contributed by atoms with Crippen LogP contribution < -0.4 is 4.74 Å². The van der Waals surface area contributed by atoms with Crippen LogP contribution in [0, 0.1) is 6.92 Å². The van der Waals surface area contributed by atoms with Gasteiger partial charge in [0.25, 0.3) is 0 Å². The SMILES string of the molecule is Cc1ccc(OCCN2CCN(C(=O)Cc3cccs3)CC2)cc1. The smallest absolute Gasteiger partial charge is 0.227 e. The van der Waals surface area contributed by atoms with Gasteiger partial charge in [0.2, 0.25) is 5.91 Å². The Bertz CT molecular complexity index is 632. The molecule has 128 valence electrons. The number of ether oxygens (including phenoxy) is 1. The molecular formula is C19H24N2O2S. The summed E-state index contributed by atoms with van der Waals surface area (Å²) in [5, 5.41) is 2.02. The highest BCUT2D eigenvalue weighted by Crippen LogP contribution is 2.13. The first-order valence-corrected chi connectivity index (χ1v) is 9.30. The summed E-state index contributed by atoms with van der Waals surface area (Å²) in [4.78, 5) is 17.8. The molecule has 0 saturated carbocycles. The second kappa shape index (κ2) is 8.31. The number of rotatable bonds is 6. The molecule has 24 heavy (non-hydrogen) atoms. The van der Waals surface area contributed by atoms with Gasteiger partial charge < -0.3 is 9.64 Å². The van der Waals surface area contributed by atoms with Crippen molar-refractivity contribution < 1.29 is 9.53 Å². The van der Waals surface area contributed by atoms with Crippen LogP contribution >= 0.6 is 11.3 Å². The molecule has 0 aliphatic carbocycles. The van der Waals surface area contributed by atoms with Gasteiger partial charge in [-0.3, -0.25) is 9.69 Å². The van der Waals surface area contributed by atoms with E-state index < -0.39 is 0 Å². The van der Waals surface area contributed by atoms with Crippen molar-refractivity contribution in [3.63, 3.8) is 0 Å². The van der Waals surface area contributed by atoms with E-state index in [1.165, 1.54) is 5.56 Å². The van der Waals surface area contributed by atoms with Crippen molar-refractivity contribution in [1.82, 2.24) is 9.80 Å². The van der Waals surface area contributed by atoms with Gasteiger partial charge in [0.1, 0.15) is 12.4 Å². The molecule has 1 aromatic heterocycles. The molecule has 0 bridgehead atoms. The summed E-state index contributed by atoms with van der Waals surface area (Å²) in [5.74, 6) is 1.17. The summed E-state index contributed by atoms with van der Waals surface area (Å²) in [6, 6.07) is 12.2. The standard InChI is InChI=1S/C19H24N2O2S/c1-16-4-6-17(7-5-16)23-13-12-20-8-10-21(11-9-20)19(22)15-18-3-2-14-24-18/h2-7,14H,8-13,15H2,1H3. The lowest BCUT2D eigenvalue weighted by atomic mass is 10.2. The lowest BCUT2D eigenvalue weighted by Gasteiger charge is -2.34. The van der Waals surface area contributed by atoms with Crippen molar-refractivity contribution in [2.45, 2.75) is 13.3 Å². The number of carbonyl (C=O) groups is 1. The molecule has 0 spiro atoms. The Balaban J connectivity index is 1.36. The van der Waals surface area contributed by atoms with Gasteiger partial charge in [-0.05, 0) is 30.5 Å². The van der Waals surface area contributed by atoms with Crippen molar-refractivity contribution in [3.8, 4) is 5.75 Å². The van der Waals surface area contributed by atoms with Gasteiger partial charge in [-0.15, -0.1) is 11.3 Å². The lowest BCUT2D eigenvalue weighted by Crippen LogP contribution is -2.49. The molecule has 1 saturated heterocycles. The molecule has 0 N–H and O–H groups in total.